The molecule has 0 aliphatic rings. The van der Waals surface area contributed by atoms with Gasteiger partial charge in [-0.05, 0) is 48.6 Å². The van der Waals surface area contributed by atoms with Crippen LogP contribution in [0.25, 0.3) is 0 Å². The number of benzene rings is 1. The van der Waals surface area contributed by atoms with Gasteiger partial charge in [0.15, 0.2) is 5.96 Å². The number of aliphatic imine (C=N–C) groups is 1. The molecule has 0 saturated carbocycles. The highest BCUT2D eigenvalue weighted by molar-refractivity contribution is 7.97. The highest BCUT2D eigenvalue weighted by Gasteiger charge is 2.05. The van der Waals surface area contributed by atoms with Gasteiger partial charge in [0.2, 0.25) is 0 Å². The SMILES string of the molecule is CCNC(=NCc1ccc(F)cc1CSC)NCCc1ccco1. The Kier molecular flexibility index (Phi) is 7.68. The molecule has 0 spiro atoms. The number of nitrogens with zero attached hydrogens (tertiary/aromatic N) is 1. The van der Waals surface area contributed by atoms with Crippen molar-refractivity contribution < 1.29 is 8.81 Å². The zero-order chi connectivity index (χ0) is 17.2. The number of guanidine groups is 1. The van der Waals surface area contributed by atoms with Crippen LogP contribution in [0.2, 0.25) is 0 Å². The second-order valence-electron chi connectivity index (χ2n) is 5.30. The quantitative estimate of drug-likeness (QED) is 0.565. The van der Waals surface area contributed by atoms with Gasteiger partial charge in [0.05, 0.1) is 12.8 Å². The minimum Gasteiger partial charge on any atom is -0.469 e. The van der Waals surface area contributed by atoms with Crippen molar-refractivity contribution in [2.45, 2.75) is 25.6 Å². The van der Waals surface area contributed by atoms with E-state index in [1.54, 1.807) is 24.1 Å². The molecular formula is C18H24FN3OS. The van der Waals surface area contributed by atoms with Crippen molar-refractivity contribution in [3.63, 3.8) is 0 Å². The Balaban J connectivity index is 1.97. The smallest absolute Gasteiger partial charge is 0.191 e. The van der Waals surface area contributed by atoms with Gasteiger partial charge in [-0.15, -0.1) is 0 Å². The molecule has 2 aromatic rings. The lowest BCUT2D eigenvalue weighted by Crippen LogP contribution is -2.38. The van der Waals surface area contributed by atoms with Gasteiger partial charge in [-0.2, -0.15) is 11.8 Å². The lowest BCUT2D eigenvalue weighted by atomic mass is 10.1. The van der Waals surface area contributed by atoms with E-state index in [4.69, 9.17) is 4.42 Å². The van der Waals surface area contributed by atoms with E-state index in [0.717, 1.165) is 48.1 Å². The van der Waals surface area contributed by atoms with Gasteiger partial charge in [-0.3, -0.25) is 0 Å². The molecule has 0 unspecified atom stereocenters. The average molecular weight is 349 g/mol. The van der Waals surface area contributed by atoms with Crippen molar-refractivity contribution in [1.82, 2.24) is 10.6 Å². The first-order chi connectivity index (χ1) is 11.7. The molecule has 24 heavy (non-hydrogen) atoms. The van der Waals surface area contributed by atoms with E-state index in [1.807, 2.05) is 31.4 Å². The predicted molar refractivity (Wildman–Crippen MR) is 98.8 cm³/mol. The highest BCUT2D eigenvalue weighted by Crippen LogP contribution is 2.17. The molecule has 4 nitrogen and oxygen atoms in total. The van der Waals surface area contributed by atoms with E-state index in [-0.39, 0.29) is 5.82 Å². The van der Waals surface area contributed by atoms with E-state index in [9.17, 15) is 4.39 Å². The van der Waals surface area contributed by atoms with Crippen LogP contribution in [-0.4, -0.2) is 25.3 Å². The molecule has 0 bridgehead atoms. The lowest BCUT2D eigenvalue weighted by molar-refractivity contribution is 0.507. The molecule has 6 heteroatoms. The normalized spacial score (nSPS) is 11.5. The number of rotatable bonds is 8. The Bertz CT molecular complexity index is 644. The van der Waals surface area contributed by atoms with Gasteiger partial charge in [-0.1, -0.05) is 6.07 Å². The predicted octanol–water partition coefficient (Wildman–Crippen LogP) is 3.58. The van der Waals surface area contributed by atoms with Crippen molar-refractivity contribution in [2.24, 2.45) is 4.99 Å². The van der Waals surface area contributed by atoms with Gasteiger partial charge >= 0.3 is 0 Å². The number of thioether (sulfide) groups is 1. The molecule has 0 saturated heterocycles. The third-order valence-electron chi connectivity index (χ3n) is 3.46. The van der Waals surface area contributed by atoms with Crippen LogP contribution in [0.4, 0.5) is 4.39 Å². The molecule has 2 rings (SSSR count). The fraction of sp³-hybridized carbons (Fsp3) is 0.389. The summed E-state index contributed by atoms with van der Waals surface area (Å²) in [5.74, 6) is 2.28. The summed E-state index contributed by atoms with van der Waals surface area (Å²) in [7, 11) is 0. The topological polar surface area (TPSA) is 49.6 Å². The van der Waals surface area contributed by atoms with Crippen LogP contribution in [0.1, 0.15) is 23.8 Å². The van der Waals surface area contributed by atoms with Gasteiger partial charge in [-0.25, -0.2) is 9.38 Å². The zero-order valence-corrected chi connectivity index (χ0v) is 15.0. The second-order valence-corrected chi connectivity index (χ2v) is 6.16. The van der Waals surface area contributed by atoms with Crippen LogP contribution in [0.3, 0.4) is 0 Å². The first-order valence-electron chi connectivity index (χ1n) is 8.03. The van der Waals surface area contributed by atoms with Crippen molar-refractivity contribution in [1.29, 1.82) is 0 Å². The molecular weight excluding hydrogens is 325 g/mol. The van der Waals surface area contributed by atoms with Crippen LogP contribution in [-0.2, 0) is 18.7 Å². The molecule has 0 fully saturated rings. The maximum atomic E-state index is 13.4. The number of furan rings is 1. The Morgan fingerprint density at radius 1 is 1.25 bits per heavy atom. The van der Waals surface area contributed by atoms with Crippen LogP contribution in [0.15, 0.2) is 46.0 Å². The Morgan fingerprint density at radius 3 is 2.83 bits per heavy atom. The van der Waals surface area contributed by atoms with Crippen molar-refractivity contribution in [2.75, 3.05) is 19.3 Å². The second kappa shape index (κ2) is 10.0. The fourth-order valence-electron chi connectivity index (χ4n) is 2.30. The summed E-state index contributed by atoms with van der Waals surface area (Å²) in [4.78, 5) is 4.61. The van der Waals surface area contributed by atoms with Crippen LogP contribution < -0.4 is 10.6 Å². The molecule has 1 aromatic heterocycles. The minimum absolute atomic E-state index is 0.199. The van der Waals surface area contributed by atoms with E-state index in [0.29, 0.717) is 6.54 Å². The monoisotopic (exact) mass is 349 g/mol. The van der Waals surface area contributed by atoms with Crippen molar-refractivity contribution >= 4 is 17.7 Å². The summed E-state index contributed by atoms with van der Waals surface area (Å²) < 4.78 is 18.7. The fourth-order valence-corrected chi connectivity index (χ4v) is 2.88. The molecule has 0 atom stereocenters. The standard InChI is InChI=1S/C18H24FN3OS/c1-3-20-18(21-9-8-17-5-4-10-23-17)22-12-14-6-7-16(19)11-15(14)13-24-2/h4-7,10-11H,3,8-9,12-13H2,1-2H3,(H2,20,21,22). The Morgan fingerprint density at radius 2 is 2.12 bits per heavy atom. The largest absolute Gasteiger partial charge is 0.469 e. The number of hydrogen-bond donors (Lipinski definition) is 2. The summed E-state index contributed by atoms with van der Waals surface area (Å²) >= 11 is 1.68. The van der Waals surface area contributed by atoms with Gasteiger partial charge in [0, 0.05) is 25.3 Å². The van der Waals surface area contributed by atoms with Crippen LogP contribution in [0, 0.1) is 5.82 Å². The molecule has 0 aliphatic heterocycles. The van der Waals surface area contributed by atoms with E-state index in [2.05, 4.69) is 15.6 Å². The summed E-state index contributed by atoms with van der Waals surface area (Å²) in [6, 6.07) is 8.75. The Labute approximate surface area is 146 Å². The maximum absolute atomic E-state index is 13.4. The third-order valence-corrected chi connectivity index (χ3v) is 4.06. The van der Waals surface area contributed by atoms with Crippen molar-refractivity contribution in [3.8, 4) is 0 Å². The molecule has 0 radical (unpaired) electrons. The van der Waals surface area contributed by atoms with Gasteiger partial charge < -0.3 is 15.1 Å². The molecule has 130 valence electrons. The zero-order valence-electron chi connectivity index (χ0n) is 14.1. The maximum Gasteiger partial charge on any atom is 0.191 e. The third kappa shape index (κ3) is 5.92. The average Bonchev–Trinajstić information content (AvgIpc) is 3.07. The lowest BCUT2D eigenvalue weighted by Gasteiger charge is -2.12. The summed E-state index contributed by atoms with van der Waals surface area (Å²) in [6.45, 7) is 4.07. The minimum atomic E-state index is -0.199. The molecule has 0 aliphatic carbocycles. The van der Waals surface area contributed by atoms with Crippen LogP contribution in [0.5, 0.6) is 0 Å². The summed E-state index contributed by atoms with van der Waals surface area (Å²) in [5, 5.41) is 6.52. The highest BCUT2D eigenvalue weighted by atomic mass is 32.2. The molecule has 2 N–H and O–H groups in total. The molecule has 1 heterocycles. The van der Waals surface area contributed by atoms with Crippen LogP contribution >= 0.6 is 11.8 Å². The summed E-state index contributed by atoms with van der Waals surface area (Å²) in [6.07, 6.45) is 4.49. The molecule has 1 aromatic carbocycles. The van der Waals surface area contributed by atoms with E-state index >= 15 is 0 Å². The molecule has 0 amide bonds. The van der Waals surface area contributed by atoms with Gasteiger partial charge in [0.25, 0.3) is 0 Å². The van der Waals surface area contributed by atoms with E-state index in [1.165, 1.54) is 6.07 Å². The number of hydrogen-bond acceptors (Lipinski definition) is 3. The Hall–Kier alpha value is -1.95. The first-order valence-corrected chi connectivity index (χ1v) is 9.43. The summed E-state index contributed by atoms with van der Waals surface area (Å²) in [5.41, 5.74) is 2.05. The number of nitrogens with one attached hydrogen (secondary N) is 2. The van der Waals surface area contributed by atoms with Crippen molar-refractivity contribution in [3.05, 3.63) is 59.3 Å². The van der Waals surface area contributed by atoms with Gasteiger partial charge in [0.1, 0.15) is 11.6 Å². The number of halogens is 1. The first kappa shape index (κ1) is 18.4. The van der Waals surface area contributed by atoms with E-state index < -0.39 is 0 Å².